The van der Waals surface area contributed by atoms with Crippen molar-refractivity contribution in [3.63, 3.8) is 0 Å². The van der Waals surface area contributed by atoms with E-state index in [1.807, 2.05) is 31.2 Å². The van der Waals surface area contributed by atoms with Gasteiger partial charge in [0.05, 0.1) is 32.9 Å². The number of halogens is 2. The van der Waals surface area contributed by atoms with Gasteiger partial charge in [-0.05, 0) is 31.5 Å². The molecule has 0 aliphatic carbocycles. The van der Waals surface area contributed by atoms with Gasteiger partial charge in [-0.2, -0.15) is 5.10 Å². The summed E-state index contributed by atoms with van der Waals surface area (Å²) in [5.74, 6) is -0.142. The van der Waals surface area contributed by atoms with Crippen LogP contribution >= 0.6 is 23.2 Å². The van der Waals surface area contributed by atoms with Crippen LogP contribution in [0.2, 0.25) is 10.0 Å². The van der Waals surface area contributed by atoms with Crippen LogP contribution in [-0.2, 0) is 15.6 Å². The van der Waals surface area contributed by atoms with Crippen molar-refractivity contribution in [3.05, 3.63) is 81.6 Å². The van der Waals surface area contributed by atoms with Crippen molar-refractivity contribution in [2.24, 2.45) is 0 Å². The molecule has 0 fully saturated rings. The maximum atomic E-state index is 13.5. The predicted molar refractivity (Wildman–Crippen MR) is 115 cm³/mol. The number of rotatable bonds is 4. The van der Waals surface area contributed by atoms with Gasteiger partial charge in [0.1, 0.15) is 4.90 Å². The summed E-state index contributed by atoms with van der Waals surface area (Å²) in [5.41, 5.74) is 3.44. The molecular weight excluding hydrogens is 429 g/mol. The Labute approximate surface area is 178 Å². The van der Waals surface area contributed by atoms with E-state index in [1.54, 1.807) is 41.8 Å². The lowest BCUT2D eigenvalue weighted by Gasteiger charge is -2.15. The molecule has 0 aliphatic heterocycles. The first-order valence-corrected chi connectivity index (χ1v) is 11.3. The average Bonchev–Trinajstić information content (AvgIpc) is 3.03. The summed E-state index contributed by atoms with van der Waals surface area (Å²) in [5, 5.41) is 5.20. The first-order valence-electron chi connectivity index (χ1n) is 8.85. The molecule has 2 aromatic carbocycles. The zero-order valence-corrected chi connectivity index (χ0v) is 18.1. The Balaban J connectivity index is 2.03. The average molecular weight is 446 g/mol. The van der Waals surface area contributed by atoms with E-state index < -0.39 is 9.84 Å². The molecule has 0 amide bonds. The fourth-order valence-corrected chi connectivity index (χ4v) is 5.42. The SMILES string of the molecule is Cc1cc2nc(C)c(S(=O)(=O)Cc3ccccc3)c(-c3ccc(Cl)c(Cl)c3)n2n1. The van der Waals surface area contributed by atoms with E-state index in [9.17, 15) is 8.42 Å². The second-order valence-electron chi connectivity index (χ2n) is 6.80. The number of nitrogens with zero attached hydrogens (tertiary/aromatic N) is 3. The lowest BCUT2D eigenvalue weighted by molar-refractivity contribution is 0.593. The summed E-state index contributed by atoms with van der Waals surface area (Å²) in [6.45, 7) is 3.53. The Hall–Kier alpha value is -2.41. The van der Waals surface area contributed by atoms with E-state index in [0.717, 1.165) is 5.69 Å². The highest BCUT2D eigenvalue weighted by molar-refractivity contribution is 7.90. The van der Waals surface area contributed by atoms with Gasteiger partial charge in [0.2, 0.25) is 0 Å². The first kappa shape index (κ1) is 19.9. The van der Waals surface area contributed by atoms with Crippen LogP contribution in [0.5, 0.6) is 0 Å². The molecule has 4 rings (SSSR count). The molecule has 4 aromatic rings. The Bertz CT molecular complexity index is 1330. The van der Waals surface area contributed by atoms with Gasteiger partial charge in [0, 0.05) is 11.6 Å². The summed E-state index contributed by atoms with van der Waals surface area (Å²) in [6.07, 6.45) is 0. The van der Waals surface area contributed by atoms with Crippen LogP contribution in [0.1, 0.15) is 17.0 Å². The lowest BCUT2D eigenvalue weighted by Crippen LogP contribution is -2.13. The van der Waals surface area contributed by atoms with Gasteiger partial charge < -0.3 is 0 Å². The summed E-state index contributed by atoms with van der Waals surface area (Å²) in [7, 11) is -3.73. The minimum atomic E-state index is -3.73. The van der Waals surface area contributed by atoms with Crippen LogP contribution in [0.4, 0.5) is 0 Å². The van der Waals surface area contributed by atoms with Crippen molar-refractivity contribution in [1.29, 1.82) is 0 Å². The highest BCUT2D eigenvalue weighted by Crippen LogP contribution is 2.35. The predicted octanol–water partition coefficient (Wildman–Crippen LogP) is 5.29. The third-order valence-corrected chi connectivity index (χ3v) is 7.12. The van der Waals surface area contributed by atoms with Crippen molar-refractivity contribution >= 4 is 38.7 Å². The molecular formula is C21H17Cl2N3O2S. The Morgan fingerprint density at radius 1 is 0.966 bits per heavy atom. The van der Waals surface area contributed by atoms with E-state index in [0.29, 0.717) is 38.2 Å². The second kappa shape index (κ2) is 7.44. The van der Waals surface area contributed by atoms with Crippen LogP contribution < -0.4 is 0 Å². The zero-order chi connectivity index (χ0) is 20.8. The Morgan fingerprint density at radius 3 is 2.38 bits per heavy atom. The number of aryl methyl sites for hydroxylation is 2. The molecule has 2 heterocycles. The molecule has 5 nitrogen and oxygen atoms in total. The molecule has 148 valence electrons. The van der Waals surface area contributed by atoms with Crippen molar-refractivity contribution in [2.75, 3.05) is 0 Å². The van der Waals surface area contributed by atoms with Crippen molar-refractivity contribution in [3.8, 4) is 11.3 Å². The van der Waals surface area contributed by atoms with Crippen molar-refractivity contribution < 1.29 is 8.42 Å². The normalized spacial score (nSPS) is 11.9. The van der Waals surface area contributed by atoms with Gasteiger partial charge in [-0.1, -0.05) is 59.6 Å². The zero-order valence-electron chi connectivity index (χ0n) is 15.7. The molecule has 0 atom stereocenters. The maximum absolute atomic E-state index is 13.5. The highest BCUT2D eigenvalue weighted by Gasteiger charge is 2.27. The second-order valence-corrected chi connectivity index (χ2v) is 9.55. The molecule has 0 radical (unpaired) electrons. The van der Waals surface area contributed by atoms with E-state index in [-0.39, 0.29) is 10.6 Å². The molecule has 0 spiro atoms. The third kappa shape index (κ3) is 3.75. The smallest absolute Gasteiger partial charge is 0.186 e. The molecule has 2 aromatic heterocycles. The number of aromatic nitrogens is 3. The molecule has 8 heteroatoms. The number of benzene rings is 2. The van der Waals surface area contributed by atoms with Gasteiger partial charge in [0.25, 0.3) is 0 Å². The van der Waals surface area contributed by atoms with Crippen molar-refractivity contribution in [2.45, 2.75) is 24.5 Å². The Morgan fingerprint density at radius 2 is 1.69 bits per heavy atom. The summed E-state index contributed by atoms with van der Waals surface area (Å²) in [6, 6.07) is 15.9. The van der Waals surface area contributed by atoms with E-state index >= 15 is 0 Å². The molecule has 0 saturated carbocycles. The fraction of sp³-hybridized carbons (Fsp3) is 0.143. The van der Waals surface area contributed by atoms with Crippen LogP contribution in [0.3, 0.4) is 0 Å². The van der Waals surface area contributed by atoms with Gasteiger partial charge in [-0.25, -0.2) is 17.9 Å². The number of fused-ring (bicyclic) bond motifs is 1. The lowest BCUT2D eigenvalue weighted by atomic mass is 10.1. The van der Waals surface area contributed by atoms with Gasteiger partial charge in [-0.3, -0.25) is 0 Å². The molecule has 0 saturated heterocycles. The van der Waals surface area contributed by atoms with Gasteiger partial charge in [-0.15, -0.1) is 0 Å². The fourth-order valence-electron chi connectivity index (χ4n) is 3.36. The first-order chi connectivity index (χ1) is 13.8. The number of sulfone groups is 1. The van der Waals surface area contributed by atoms with Crippen LogP contribution in [-0.4, -0.2) is 23.0 Å². The molecule has 0 N–H and O–H groups in total. The quantitative estimate of drug-likeness (QED) is 0.427. The Kier molecular flexibility index (Phi) is 5.11. The maximum Gasteiger partial charge on any atom is 0.186 e. The molecule has 0 aliphatic rings. The van der Waals surface area contributed by atoms with Crippen LogP contribution in [0.25, 0.3) is 16.9 Å². The minimum Gasteiger partial charge on any atom is -0.232 e. The van der Waals surface area contributed by atoms with Gasteiger partial charge in [0.15, 0.2) is 15.5 Å². The van der Waals surface area contributed by atoms with Gasteiger partial charge >= 0.3 is 0 Å². The topological polar surface area (TPSA) is 64.3 Å². The highest BCUT2D eigenvalue weighted by atomic mass is 35.5. The van der Waals surface area contributed by atoms with Crippen molar-refractivity contribution in [1.82, 2.24) is 14.6 Å². The number of hydrogen-bond acceptors (Lipinski definition) is 4. The molecule has 0 unspecified atom stereocenters. The van der Waals surface area contributed by atoms with Crippen LogP contribution in [0, 0.1) is 13.8 Å². The standard InChI is InChI=1S/C21H17Cl2N3O2S/c1-13-10-19-24-14(2)21(29(27,28)12-15-6-4-3-5-7-15)20(26(19)25-13)16-8-9-17(22)18(23)11-16/h3-11H,12H2,1-2H3. The third-order valence-electron chi connectivity index (χ3n) is 4.55. The minimum absolute atomic E-state index is 0.135. The van der Waals surface area contributed by atoms with E-state index in [1.165, 1.54) is 0 Å². The molecule has 29 heavy (non-hydrogen) atoms. The summed E-state index contributed by atoms with van der Waals surface area (Å²) >= 11 is 12.3. The summed E-state index contributed by atoms with van der Waals surface area (Å²) < 4.78 is 28.5. The largest absolute Gasteiger partial charge is 0.232 e. The monoisotopic (exact) mass is 445 g/mol. The van der Waals surface area contributed by atoms with Crippen LogP contribution in [0.15, 0.2) is 59.5 Å². The number of hydrogen-bond donors (Lipinski definition) is 0. The van der Waals surface area contributed by atoms with E-state index in [2.05, 4.69) is 10.1 Å². The van der Waals surface area contributed by atoms with E-state index in [4.69, 9.17) is 23.2 Å². The summed E-state index contributed by atoms with van der Waals surface area (Å²) in [4.78, 5) is 4.63. The molecule has 0 bridgehead atoms.